The van der Waals surface area contributed by atoms with Crippen LogP contribution in [0.4, 0.5) is 4.79 Å². The summed E-state index contributed by atoms with van der Waals surface area (Å²) in [6, 6.07) is 0. The third-order valence-electron chi connectivity index (χ3n) is 3.98. The summed E-state index contributed by atoms with van der Waals surface area (Å²) >= 11 is 2.71. The number of hydrogen-bond donors (Lipinski definition) is 0. The molecule has 2 amide bonds. The van der Waals surface area contributed by atoms with Gasteiger partial charge in [-0.05, 0) is 20.8 Å². The van der Waals surface area contributed by atoms with Crippen molar-refractivity contribution in [2.75, 3.05) is 38.5 Å². The van der Waals surface area contributed by atoms with E-state index in [0.717, 1.165) is 15.6 Å². The number of thiazole rings is 1. The predicted octanol–water partition coefficient (Wildman–Crippen LogP) is 2.20. The Bertz CT molecular complexity index is 814. The number of thioether (sulfide) groups is 1. The molecule has 0 N–H and O–H groups in total. The van der Waals surface area contributed by atoms with Gasteiger partial charge in [0.25, 0.3) is 11.1 Å². The number of amides is 2. The molecule has 27 heavy (non-hydrogen) atoms. The molecule has 1 aliphatic heterocycles. The van der Waals surface area contributed by atoms with Crippen LogP contribution in [0.15, 0.2) is 9.64 Å². The van der Waals surface area contributed by atoms with Crippen LogP contribution in [0.25, 0.3) is 10.8 Å². The molecule has 0 aliphatic carbocycles. The minimum Gasteiger partial charge on any atom is -0.450 e. The Morgan fingerprint density at radius 2 is 1.89 bits per heavy atom. The number of ether oxygens (including phenoxy) is 1. The van der Waals surface area contributed by atoms with E-state index in [1.807, 2.05) is 13.8 Å². The molecule has 0 saturated carbocycles. The van der Waals surface area contributed by atoms with Gasteiger partial charge in [-0.3, -0.25) is 4.79 Å². The fourth-order valence-electron chi connectivity index (χ4n) is 2.66. The molecule has 146 valence electrons. The summed E-state index contributed by atoms with van der Waals surface area (Å²) in [5.74, 6) is 0.617. The Balaban J connectivity index is 1.49. The number of nitrogens with zero attached hydrogens (tertiary/aromatic N) is 5. The first kappa shape index (κ1) is 19.6. The van der Waals surface area contributed by atoms with Crippen molar-refractivity contribution in [3.05, 3.63) is 10.7 Å². The zero-order valence-corrected chi connectivity index (χ0v) is 17.1. The predicted molar refractivity (Wildman–Crippen MR) is 101 cm³/mol. The molecule has 9 nitrogen and oxygen atoms in total. The Kier molecular flexibility index (Phi) is 6.32. The first-order valence-corrected chi connectivity index (χ1v) is 10.4. The molecule has 0 unspecified atom stereocenters. The summed E-state index contributed by atoms with van der Waals surface area (Å²) in [7, 11) is 0. The van der Waals surface area contributed by atoms with Crippen LogP contribution in [0.3, 0.4) is 0 Å². The quantitative estimate of drug-likeness (QED) is 0.690. The molecular weight excluding hydrogens is 390 g/mol. The van der Waals surface area contributed by atoms with Gasteiger partial charge in [0, 0.05) is 26.2 Å². The smallest absolute Gasteiger partial charge is 0.409 e. The van der Waals surface area contributed by atoms with Crippen LogP contribution in [0.2, 0.25) is 0 Å². The number of piperazine rings is 1. The van der Waals surface area contributed by atoms with E-state index in [9.17, 15) is 9.59 Å². The molecule has 3 heterocycles. The lowest BCUT2D eigenvalue weighted by Crippen LogP contribution is -2.51. The van der Waals surface area contributed by atoms with Crippen LogP contribution in [0.1, 0.15) is 17.6 Å². The average molecular weight is 412 g/mol. The van der Waals surface area contributed by atoms with Crippen molar-refractivity contribution in [2.24, 2.45) is 0 Å². The van der Waals surface area contributed by atoms with Gasteiger partial charge >= 0.3 is 6.09 Å². The molecule has 1 saturated heterocycles. The number of rotatable bonds is 5. The lowest BCUT2D eigenvalue weighted by atomic mass is 10.3. The standard InChI is InChI=1S/C16H21N5O4S2/c1-4-24-16(23)21-7-5-20(6-8-21)12(22)9-26-15-19-18-14(25-15)13-10(2)17-11(3)27-13/h4-9H2,1-3H3. The summed E-state index contributed by atoms with van der Waals surface area (Å²) < 4.78 is 10.6. The second kappa shape index (κ2) is 8.70. The van der Waals surface area contributed by atoms with Gasteiger partial charge < -0.3 is 19.0 Å². The van der Waals surface area contributed by atoms with E-state index in [2.05, 4.69) is 15.2 Å². The van der Waals surface area contributed by atoms with Crippen molar-refractivity contribution < 1.29 is 18.7 Å². The Labute approximate surface area is 165 Å². The third kappa shape index (κ3) is 4.78. The summed E-state index contributed by atoms with van der Waals surface area (Å²) in [5, 5.41) is 9.34. The zero-order chi connectivity index (χ0) is 19.4. The van der Waals surface area contributed by atoms with Crippen molar-refractivity contribution >= 4 is 35.1 Å². The molecule has 11 heteroatoms. The minimum atomic E-state index is -0.328. The lowest BCUT2D eigenvalue weighted by molar-refractivity contribution is -0.129. The van der Waals surface area contributed by atoms with Gasteiger partial charge in [-0.1, -0.05) is 11.8 Å². The van der Waals surface area contributed by atoms with Crippen molar-refractivity contribution in [3.8, 4) is 10.8 Å². The topological polar surface area (TPSA) is 102 Å². The second-order valence-electron chi connectivity index (χ2n) is 5.88. The van der Waals surface area contributed by atoms with Crippen LogP contribution in [-0.2, 0) is 9.53 Å². The molecule has 0 atom stereocenters. The van der Waals surface area contributed by atoms with Crippen LogP contribution >= 0.6 is 23.1 Å². The molecule has 0 aromatic carbocycles. The Morgan fingerprint density at radius 3 is 2.52 bits per heavy atom. The van der Waals surface area contributed by atoms with E-state index in [4.69, 9.17) is 9.15 Å². The van der Waals surface area contributed by atoms with Gasteiger partial charge in [0.05, 0.1) is 23.1 Å². The van der Waals surface area contributed by atoms with E-state index >= 15 is 0 Å². The first-order valence-electron chi connectivity index (χ1n) is 8.58. The van der Waals surface area contributed by atoms with E-state index in [-0.39, 0.29) is 17.8 Å². The fraction of sp³-hybridized carbons (Fsp3) is 0.562. The van der Waals surface area contributed by atoms with Crippen molar-refractivity contribution in [3.63, 3.8) is 0 Å². The van der Waals surface area contributed by atoms with Crippen molar-refractivity contribution in [1.82, 2.24) is 25.0 Å². The third-order valence-corrected chi connectivity index (χ3v) is 5.85. The lowest BCUT2D eigenvalue weighted by Gasteiger charge is -2.33. The monoisotopic (exact) mass is 411 g/mol. The molecule has 2 aromatic rings. The zero-order valence-electron chi connectivity index (χ0n) is 15.4. The Hall–Kier alpha value is -2.14. The largest absolute Gasteiger partial charge is 0.450 e. The molecule has 0 bridgehead atoms. The van der Waals surface area contributed by atoms with Crippen molar-refractivity contribution in [1.29, 1.82) is 0 Å². The number of aromatic nitrogens is 3. The first-order chi connectivity index (χ1) is 13.0. The van der Waals surface area contributed by atoms with E-state index < -0.39 is 0 Å². The molecule has 3 rings (SSSR count). The highest BCUT2D eigenvalue weighted by molar-refractivity contribution is 7.99. The number of carbonyl (C=O) groups is 2. The van der Waals surface area contributed by atoms with Gasteiger partial charge in [0.1, 0.15) is 4.88 Å². The normalized spacial score (nSPS) is 14.5. The van der Waals surface area contributed by atoms with Gasteiger partial charge in [0.15, 0.2) is 0 Å². The van der Waals surface area contributed by atoms with Crippen LogP contribution in [0.5, 0.6) is 0 Å². The molecule has 1 aliphatic rings. The molecule has 0 radical (unpaired) electrons. The highest BCUT2D eigenvalue weighted by Crippen LogP contribution is 2.30. The van der Waals surface area contributed by atoms with Crippen LogP contribution in [0, 0.1) is 13.8 Å². The van der Waals surface area contributed by atoms with E-state index in [1.54, 1.807) is 16.7 Å². The SMILES string of the molecule is CCOC(=O)N1CCN(C(=O)CSc2nnc(-c3sc(C)nc3C)o2)CC1. The van der Waals surface area contributed by atoms with Crippen LogP contribution < -0.4 is 0 Å². The van der Waals surface area contributed by atoms with Gasteiger partial charge in [-0.25, -0.2) is 9.78 Å². The van der Waals surface area contributed by atoms with Gasteiger partial charge in [-0.2, -0.15) is 0 Å². The van der Waals surface area contributed by atoms with Gasteiger partial charge in [0.2, 0.25) is 5.91 Å². The van der Waals surface area contributed by atoms with Gasteiger partial charge in [-0.15, -0.1) is 21.5 Å². The molecule has 2 aromatic heterocycles. The summed E-state index contributed by atoms with van der Waals surface area (Å²) in [4.78, 5) is 32.6. The maximum atomic E-state index is 12.4. The summed E-state index contributed by atoms with van der Waals surface area (Å²) in [6.45, 7) is 7.88. The van der Waals surface area contributed by atoms with Crippen molar-refractivity contribution in [2.45, 2.75) is 26.0 Å². The number of aryl methyl sites for hydroxylation is 2. The minimum absolute atomic E-state index is 0.0203. The number of carbonyl (C=O) groups excluding carboxylic acids is 2. The molecular formula is C16H21N5O4S2. The highest BCUT2D eigenvalue weighted by Gasteiger charge is 2.25. The second-order valence-corrected chi connectivity index (χ2v) is 8.01. The summed E-state index contributed by atoms with van der Waals surface area (Å²) in [5.41, 5.74) is 0.855. The average Bonchev–Trinajstić information content (AvgIpc) is 3.25. The van der Waals surface area contributed by atoms with E-state index in [0.29, 0.717) is 43.9 Å². The maximum Gasteiger partial charge on any atom is 0.409 e. The molecule has 0 spiro atoms. The number of hydrogen-bond acceptors (Lipinski definition) is 9. The van der Waals surface area contributed by atoms with Crippen LogP contribution in [-0.4, -0.2) is 75.5 Å². The fourth-order valence-corrected chi connectivity index (χ4v) is 4.16. The highest BCUT2D eigenvalue weighted by atomic mass is 32.2. The maximum absolute atomic E-state index is 12.4. The van der Waals surface area contributed by atoms with E-state index in [1.165, 1.54) is 23.1 Å². The Morgan fingerprint density at radius 1 is 1.19 bits per heavy atom. The summed E-state index contributed by atoms with van der Waals surface area (Å²) in [6.07, 6.45) is -0.328. The molecule has 1 fully saturated rings.